The molecule has 1 aromatic heterocycles. The molecule has 8 heteroatoms. The van der Waals surface area contributed by atoms with E-state index in [4.69, 9.17) is 9.47 Å². The molecule has 0 saturated carbocycles. The predicted molar refractivity (Wildman–Crippen MR) is 101 cm³/mol. The summed E-state index contributed by atoms with van der Waals surface area (Å²) in [5.74, 6) is -1.98. The molecule has 0 bridgehead atoms. The number of hydrogen-bond acceptors (Lipinski definition) is 6. The van der Waals surface area contributed by atoms with E-state index in [-0.39, 0.29) is 19.0 Å². The van der Waals surface area contributed by atoms with Crippen LogP contribution in [-0.4, -0.2) is 34.5 Å². The fraction of sp³-hybridized carbons (Fsp3) is 0.143. The zero-order valence-electron chi connectivity index (χ0n) is 15.1. The van der Waals surface area contributed by atoms with Crippen molar-refractivity contribution in [3.63, 3.8) is 0 Å². The van der Waals surface area contributed by atoms with Crippen LogP contribution in [0.15, 0.2) is 54.7 Å². The molecule has 146 valence electrons. The third-order valence-electron chi connectivity index (χ3n) is 4.52. The van der Waals surface area contributed by atoms with Gasteiger partial charge in [-0.2, -0.15) is 0 Å². The van der Waals surface area contributed by atoms with Crippen LogP contribution in [0.2, 0.25) is 0 Å². The SMILES string of the molecule is O=C(COc1cc2c3c(ccnc3c1)C(=O)N[C@@H]2C(=O)O)OCc1ccccc1. The molecule has 1 aliphatic rings. The van der Waals surface area contributed by atoms with E-state index >= 15 is 0 Å². The highest BCUT2D eigenvalue weighted by Gasteiger charge is 2.32. The van der Waals surface area contributed by atoms with Gasteiger partial charge in [0.25, 0.3) is 5.91 Å². The maximum atomic E-state index is 12.2. The standard InChI is InChI=1S/C21H16N2O6/c24-17(29-10-12-4-2-1-3-5-12)11-28-13-8-15-18-14(6-7-22-16(18)9-13)20(25)23-19(15)21(26)27/h1-9,19H,10-11H2,(H,23,25)(H,26,27)/t19-/m0/s1. The normalized spacial score (nSPS) is 14.9. The molecule has 1 aliphatic heterocycles. The number of hydrogen-bond donors (Lipinski definition) is 2. The Labute approximate surface area is 165 Å². The van der Waals surface area contributed by atoms with Crippen LogP contribution in [0.1, 0.15) is 27.5 Å². The van der Waals surface area contributed by atoms with Crippen molar-refractivity contribution in [2.45, 2.75) is 12.6 Å². The van der Waals surface area contributed by atoms with Crippen LogP contribution in [0, 0.1) is 0 Å². The molecule has 0 radical (unpaired) electrons. The van der Waals surface area contributed by atoms with Crippen LogP contribution in [0.25, 0.3) is 10.9 Å². The maximum Gasteiger partial charge on any atom is 0.344 e. The lowest BCUT2D eigenvalue weighted by molar-refractivity contribution is -0.147. The lowest BCUT2D eigenvalue weighted by atomic mass is 9.93. The largest absolute Gasteiger partial charge is 0.482 e. The van der Waals surface area contributed by atoms with Gasteiger partial charge in [-0.25, -0.2) is 9.59 Å². The molecule has 2 aromatic carbocycles. The van der Waals surface area contributed by atoms with Crippen LogP contribution in [0.4, 0.5) is 0 Å². The van der Waals surface area contributed by atoms with Crippen molar-refractivity contribution in [1.82, 2.24) is 10.3 Å². The number of carboxylic acid groups (broad SMARTS) is 1. The number of nitrogens with zero attached hydrogens (tertiary/aromatic N) is 1. The highest BCUT2D eigenvalue weighted by Crippen LogP contribution is 2.34. The van der Waals surface area contributed by atoms with E-state index in [0.29, 0.717) is 22.0 Å². The summed E-state index contributed by atoms with van der Waals surface area (Å²) in [6.07, 6.45) is 1.46. The van der Waals surface area contributed by atoms with Gasteiger partial charge < -0.3 is 19.9 Å². The van der Waals surface area contributed by atoms with E-state index in [9.17, 15) is 19.5 Å². The van der Waals surface area contributed by atoms with E-state index in [1.165, 1.54) is 18.3 Å². The minimum Gasteiger partial charge on any atom is -0.482 e. The van der Waals surface area contributed by atoms with E-state index in [1.54, 1.807) is 6.07 Å². The Morgan fingerprint density at radius 1 is 1.14 bits per heavy atom. The number of ether oxygens (including phenoxy) is 2. The van der Waals surface area contributed by atoms with Gasteiger partial charge >= 0.3 is 11.9 Å². The molecule has 8 nitrogen and oxygen atoms in total. The number of carboxylic acids is 1. The number of benzene rings is 2. The molecule has 3 aromatic rings. The summed E-state index contributed by atoms with van der Waals surface area (Å²) in [5, 5.41) is 12.4. The number of rotatable bonds is 6. The Morgan fingerprint density at radius 2 is 1.93 bits per heavy atom. The number of pyridine rings is 1. The van der Waals surface area contributed by atoms with Gasteiger partial charge in [-0.15, -0.1) is 0 Å². The molecule has 2 N–H and O–H groups in total. The van der Waals surface area contributed by atoms with Crippen molar-refractivity contribution in [2.75, 3.05) is 6.61 Å². The number of aromatic nitrogens is 1. The number of carbonyl (C=O) groups is 3. The molecule has 0 saturated heterocycles. The first-order valence-electron chi connectivity index (χ1n) is 8.81. The molecule has 29 heavy (non-hydrogen) atoms. The van der Waals surface area contributed by atoms with Gasteiger partial charge in [-0.3, -0.25) is 9.78 Å². The van der Waals surface area contributed by atoms with Crippen LogP contribution in [0.3, 0.4) is 0 Å². The average molecular weight is 392 g/mol. The second kappa shape index (κ2) is 7.59. The Hall–Kier alpha value is -3.94. The summed E-state index contributed by atoms with van der Waals surface area (Å²) in [4.78, 5) is 40.0. The van der Waals surface area contributed by atoms with Crippen LogP contribution in [-0.2, 0) is 20.9 Å². The second-order valence-electron chi connectivity index (χ2n) is 6.44. The third kappa shape index (κ3) is 3.73. The van der Waals surface area contributed by atoms with Crippen molar-refractivity contribution < 1.29 is 29.0 Å². The number of carbonyl (C=O) groups excluding carboxylic acids is 2. The highest BCUT2D eigenvalue weighted by molar-refractivity contribution is 6.12. The molecule has 0 spiro atoms. The Kier molecular flexibility index (Phi) is 4.82. The number of esters is 1. The van der Waals surface area contributed by atoms with Crippen molar-refractivity contribution >= 4 is 28.7 Å². The quantitative estimate of drug-likeness (QED) is 0.618. The monoisotopic (exact) mass is 392 g/mol. The van der Waals surface area contributed by atoms with Gasteiger partial charge in [-0.05, 0) is 23.3 Å². The summed E-state index contributed by atoms with van der Waals surface area (Å²) in [5.41, 5.74) is 1.96. The van der Waals surface area contributed by atoms with E-state index in [1.807, 2.05) is 30.3 Å². The van der Waals surface area contributed by atoms with Gasteiger partial charge in [0.05, 0.1) is 11.1 Å². The highest BCUT2D eigenvalue weighted by atomic mass is 16.6. The summed E-state index contributed by atoms with van der Waals surface area (Å²) in [7, 11) is 0. The summed E-state index contributed by atoms with van der Waals surface area (Å²) in [6.45, 7) is -0.217. The van der Waals surface area contributed by atoms with E-state index in [0.717, 1.165) is 5.56 Å². The first-order valence-corrected chi connectivity index (χ1v) is 8.81. The Balaban J connectivity index is 1.54. The fourth-order valence-electron chi connectivity index (χ4n) is 3.20. The van der Waals surface area contributed by atoms with Crippen molar-refractivity contribution in [2.24, 2.45) is 0 Å². The molecule has 0 fully saturated rings. The topological polar surface area (TPSA) is 115 Å². The van der Waals surface area contributed by atoms with Gasteiger partial charge in [0.2, 0.25) is 0 Å². The van der Waals surface area contributed by atoms with Gasteiger partial charge in [0.1, 0.15) is 12.4 Å². The number of nitrogens with one attached hydrogen (secondary N) is 1. The maximum absolute atomic E-state index is 12.2. The molecule has 0 unspecified atom stereocenters. The van der Waals surface area contributed by atoms with Gasteiger partial charge in [0, 0.05) is 17.6 Å². The van der Waals surface area contributed by atoms with Crippen LogP contribution >= 0.6 is 0 Å². The Morgan fingerprint density at radius 3 is 2.69 bits per heavy atom. The van der Waals surface area contributed by atoms with E-state index in [2.05, 4.69) is 10.3 Å². The third-order valence-corrected chi connectivity index (χ3v) is 4.52. The Bertz CT molecular complexity index is 1110. The van der Waals surface area contributed by atoms with Crippen molar-refractivity contribution in [3.05, 3.63) is 71.4 Å². The molecule has 2 heterocycles. The van der Waals surface area contributed by atoms with Crippen molar-refractivity contribution in [3.8, 4) is 5.75 Å². The van der Waals surface area contributed by atoms with Crippen molar-refractivity contribution in [1.29, 1.82) is 0 Å². The molecule has 1 atom stereocenters. The summed E-state index contributed by atoms with van der Waals surface area (Å²) in [6, 6.07) is 12.6. The molecule has 0 aliphatic carbocycles. The van der Waals surface area contributed by atoms with Crippen LogP contribution in [0.5, 0.6) is 5.75 Å². The zero-order chi connectivity index (χ0) is 20.4. The lowest BCUT2D eigenvalue weighted by Gasteiger charge is -2.24. The molecular formula is C21H16N2O6. The van der Waals surface area contributed by atoms with Gasteiger partial charge in [0.15, 0.2) is 12.6 Å². The fourth-order valence-corrected chi connectivity index (χ4v) is 3.20. The molecule has 4 rings (SSSR count). The van der Waals surface area contributed by atoms with Crippen LogP contribution < -0.4 is 10.1 Å². The lowest BCUT2D eigenvalue weighted by Crippen LogP contribution is -2.37. The summed E-state index contributed by atoms with van der Waals surface area (Å²) < 4.78 is 10.7. The first-order chi connectivity index (χ1) is 14.0. The zero-order valence-corrected chi connectivity index (χ0v) is 15.1. The second-order valence-corrected chi connectivity index (χ2v) is 6.44. The van der Waals surface area contributed by atoms with E-state index < -0.39 is 23.9 Å². The van der Waals surface area contributed by atoms with Gasteiger partial charge in [-0.1, -0.05) is 30.3 Å². The average Bonchev–Trinajstić information content (AvgIpc) is 2.73. The number of aliphatic carboxylic acids is 1. The smallest absolute Gasteiger partial charge is 0.344 e. The number of amides is 1. The predicted octanol–water partition coefficient (Wildman–Crippen LogP) is 2.23. The first kappa shape index (κ1) is 18.4. The minimum absolute atomic E-state index is 0.129. The summed E-state index contributed by atoms with van der Waals surface area (Å²) >= 11 is 0. The molecule has 1 amide bonds. The molecular weight excluding hydrogens is 376 g/mol. The minimum atomic E-state index is -1.23.